The highest BCUT2D eigenvalue weighted by atomic mass is 35.5. The summed E-state index contributed by atoms with van der Waals surface area (Å²) in [6, 6.07) is 20.3. The first kappa shape index (κ1) is 27.5. The smallest absolute Gasteiger partial charge is 0.306 e. The summed E-state index contributed by atoms with van der Waals surface area (Å²) in [6.07, 6.45) is -0.438. The normalized spacial score (nSPS) is 11.4. The van der Waals surface area contributed by atoms with Crippen LogP contribution in [0.1, 0.15) is 36.0 Å². The van der Waals surface area contributed by atoms with E-state index in [9.17, 15) is 14.4 Å². The Morgan fingerprint density at radius 1 is 0.861 bits per heavy atom. The molecule has 1 N–H and O–H groups in total. The third kappa shape index (κ3) is 8.55. The number of hydrogen-bond acceptors (Lipinski definition) is 5. The highest BCUT2D eigenvalue weighted by Gasteiger charge is 2.23. The van der Waals surface area contributed by atoms with E-state index in [4.69, 9.17) is 44.3 Å². The van der Waals surface area contributed by atoms with E-state index in [1.807, 2.05) is 12.1 Å². The van der Waals surface area contributed by atoms with Crippen molar-refractivity contribution in [3.8, 4) is 11.5 Å². The number of esters is 1. The van der Waals surface area contributed by atoms with Gasteiger partial charge in [-0.25, -0.2) is 0 Å². The molecule has 36 heavy (non-hydrogen) atoms. The lowest BCUT2D eigenvalue weighted by Gasteiger charge is -2.16. The molecule has 188 valence electrons. The summed E-state index contributed by atoms with van der Waals surface area (Å²) in [5.74, 6) is 0.0929. The molecular formula is C27H24Cl3NO5. The molecule has 1 unspecified atom stereocenters. The van der Waals surface area contributed by atoms with Crippen molar-refractivity contribution in [3.63, 3.8) is 0 Å². The number of rotatable bonds is 12. The Morgan fingerprint density at radius 3 is 2.22 bits per heavy atom. The van der Waals surface area contributed by atoms with Crippen molar-refractivity contribution in [2.45, 2.75) is 31.8 Å². The van der Waals surface area contributed by atoms with Crippen molar-refractivity contribution in [2.24, 2.45) is 0 Å². The fraction of sp³-hybridized carbons (Fsp3) is 0.222. The molecule has 0 saturated heterocycles. The van der Waals surface area contributed by atoms with Crippen molar-refractivity contribution in [3.05, 3.63) is 88.4 Å². The van der Waals surface area contributed by atoms with E-state index in [1.54, 1.807) is 60.7 Å². The van der Waals surface area contributed by atoms with Crippen molar-refractivity contribution in [1.29, 1.82) is 0 Å². The van der Waals surface area contributed by atoms with Gasteiger partial charge in [-0.3, -0.25) is 14.4 Å². The summed E-state index contributed by atoms with van der Waals surface area (Å²) >= 11 is 17.7. The number of ether oxygens (including phenoxy) is 2. The number of halogens is 3. The van der Waals surface area contributed by atoms with Crippen molar-refractivity contribution in [2.75, 3.05) is 11.2 Å². The Labute approximate surface area is 224 Å². The van der Waals surface area contributed by atoms with E-state index in [2.05, 4.69) is 5.32 Å². The van der Waals surface area contributed by atoms with Crippen LogP contribution in [-0.4, -0.2) is 29.6 Å². The number of alkyl halides is 1. The first-order valence-corrected chi connectivity index (χ1v) is 12.5. The highest BCUT2D eigenvalue weighted by molar-refractivity contribution is 6.32. The minimum Gasteiger partial charge on any atom is -0.456 e. The SMILES string of the molecule is O=C(CCCC(=O)OC(CCCl)C(=O)c1ccc(Cl)cc1)Nc1ccc(Oc2ccccc2Cl)cc1. The van der Waals surface area contributed by atoms with Gasteiger partial charge in [0.1, 0.15) is 11.5 Å². The standard InChI is InChI=1S/C27H24Cl3NO5/c28-17-16-24(27(34)18-8-10-19(29)11-9-18)36-26(33)7-3-6-25(32)31-20-12-14-21(15-13-20)35-23-5-2-1-4-22(23)30/h1-2,4-5,8-15,24H,3,6-7,16-17H2,(H,31,32). The molecule has 0 aliphatic heterocycles. The molecular weight excluding hydrogens is 525 g/mol. The number of benzene rings is 3. The number of nitrogens with one attached hydrogen (secondary N) is 1. The maximum Gasteiger partial charge on any atom is 0.306 e. The summed E-state index contributed by atoms with van der Waals surface area (Å²) < 4.78 is 11.1. The number of amides is 1. The van der Waals surface area contributed by atoms with Crippen LogP contribution in [0, 0.1) is 0 Å². The Balaban J connectivity index is 1.43. The van der Waals surface area contributed by atoms with Crippen LogP contribution < -0.4 is 10.1 Å². The third-order valence-corrected chi connectivity index (χ3v) is 5.84. The predicted molar refractivity (Wildman–Crippen MR) is 141 cm³/mol. The lowest BCUT2D eigenvalue weighted by atomic mass is 10.0. The average Bonchev–Trinajstić information content (AvgIpc) is 2.86. The molecule has 9 heteroatoms. The number of Topliss-reactive ketones (excluding diaryl/α,β-unsaturated/α-hetero) is 1. The second-order valence-electron chi connectivity index (χ2n) is 7.79. The molecule has 0 heterocycles. The number of hydrogen-bond donors (Lipinski definition) is 1. The van der Waals surface area contributed by atoms with E-state index >= 15 is 0 Å². The second kappa shape index (κ2) is 13.9. The quantitative estimate of drug-likeness (QED) is 0.146. The van der Waals surface area contributed by atoms with Crippen LogP contribution in [0.15, 0.2) is 72.8 Å². The number of carbonyl (C=O) groups excluding carboxylic acids is 3. The van der Waals surface area contributed by atoms with Gasteiger partial charge in [0.25, 0.3) is 0 Å². The second-order valence-corrected chi connectivity index (χ2v) is 9.01. The molecule has 0 aromatic heterocycles. The summed E-state index contributed by atoms with van der Waals surface area (Å²) in [5, 5.41) is 3.76. The Kier molecular flexibility index (Phi) is 10.6. The molecule has 0 aliphatic carbocycles. The molecule has 1 amide bonds. The molecule has 0 bridgehead atoms. The van der Waals surface area contributed by atoms with Crippen molar-refractivity contribution in [1.82, 2.24) is 0 Å². The van der Waals surface area contributed by atoms with Gasteiger partial charge in [0.05, 0.1) is 5.02 Å². The van der Waals surface area contributed by atoms with Gasteiger partial charge in [0.2, 0.25) is 11.7 Å². The molecule has 1 atom stereocenters. The van der Waals surface area contributed by atoms with Crippen molar-refractivity contribution < 1.29 is 23.9 Å². The van der Waals surface area contributed by atoms with Crippen LogP contribution in [0.5, 0.6) is 11.5 Å². The number of ketones is 1. The third-order valence-electron chi connectivity index (χ3n) is 5.05. The van der Waals surface area contributed by atoms with E-state index in [0.29, 0.717) is 32.8 Å². The van der Waals surface area contributed by atoms with Gasteiger partial charge in [-0.2, -0.15) is 0 Å². The predicted octanol–water partition coefficient (Wildman–Crippen LogP) is 7.32. The van der Waals surface area contributed by atoms with Crippen molar-refractivity contribution >= 4 is 58.1 Å². The molecule has 0 saturated carbocycles. The van der Waals surface area contributed by atoms with Crippen LogP contribution in [-0.2, 0) is 14.3 Å². The van der Waals surface area contributed by atoms with Crippen LogP contribution in [0.3, 0.4) is 0 Å². The molecule has 3 rings (SSSR count). The lowest BCUT2D eigenvalue weighted by Crippen LogP contribution is -2.28. The zero-order valence-corrected chi connectivity index (χ0v) is 21.5. The minimum absolute atomic E-state index is 0.00921. The fourth-order valence-corrected chi connectivity index (χ4v) is 3.74. The van der Waals surface area contributed by atoms with E-state index in [0.717, 1.165) is 0 Å². The van der Waals surface area contributed by atoms with Crippen LogP contribution in [0.2, 0.25) is 10.0 Å². The summed E-state index contributed by atoms with van der Waals surface area (Å²) in [5.41, 5.74) is 0.967. The van der Waals surface area contributed by atoms with E-state index in [-0.39, 0.29) is 43.3 Å². The summed E-state index contributed by atoms with van der Waals surface area (Å²) in [6.45, 7) is 0. The highest BCUT2D eigenvalue weighted by Crippen LogP contribution is 2.29. The first-order valence-electron chi connectivity index (χ1n) is 11.2. The van der Waals surface area contributed by atoms with Gasteiger partial charge in [-0.1, -0.05) is 35.3 Å². The molecule has 0 spiro atoms. The topological polar surface area (TPSA) is 81.7 Å². The fourth-order valence-electron chi connectivity index (χ4n) is 3.24. The number of para-hydroxylation sites is 1. The van der Waals surface area contributed by atoms with Gasteiger partial charge in [0.15, 0.2) is 6.10 Å². The van der Waals surface area contributed by atoms with Crippen LogP contribution in [0.4, 0.5) is 5.69 Å². The van der Waals surface area contributed by atoms with Gasteiger partial charge < -0.3 is 14.8 Å². The van der Waals surface area contributed by atoms with Crippen LogP contribution in [0.25, 0.3) is 0 Å². The van der Waals surface area contributed by atoms with Crippen LogP contribution >= 0.6 is 34.8 Å². The average molecular weight is 549 g/mol. The zero-order valence-electron chi connectivity index (χ0n) is 19.2. The maximum absolute atomic E-state index is 12.7. The lowest BCUT2D eigenvalue weighted by molar-refractivity contribution is -0.147. The number of carbonyl (C=O) groups is 3. The number of anilines is 1. The first-order chi connectivity index (χ1) is 17.4. The van der Waals surface area contributed by atoms with Gasteiger partial charge in [-0.15, -0.1) is 11.6 Å². The van der Waals surface area contributed by atoms with E-state index < -0.39 is 12.1 Å². The molecule has 3 aromatic carbocycles. The summed E-state index contributed by atoms with van der Waals surface area (Å²) in [4.78, 5) is 37.2. The Morgan fingerprint density at radius 2 is 1.56 bits per heavy atom. The van der Waals surface area contributed by atoms with Gasteiger partial charge in [-0.05, 0) is 67.1 Å². The van der Waals surface area contributed by atoms with Gasteiger partial charge in [0, 0.05) is 41.4 Å². The molecule has 0 fully saturated rings. The minimum atomic E-state index is -0.989. The molecule has 0 aliphatic rings. The molecule has 6 nitrogen and oxygen atoms in total. The zero-order chi connectivity index (χ0) is 25.9. The monoisotopic (exact) mass is 547 g/mol. The van der Waals surface area contributed by atoms with E-state index in [1.165, 1.54) is 0 Å². The largest absolute Gasteiger partial charge is 0.456 e. The molecule has 3 aromatic rings. The molecule has 0 radical (unpaired) electrons. The summed E-state index contributed by atoms with van der Waals surface area (Å²) in [7, 11) is 0. The Bertz CT molecular complexity index is 1180. The van der Waals surface area contributed by atoms with Gasteiger partial charge >= 0.3 is 5.97 Å². The maximum atomic E-state index is 12.7. The Hall–Kier alpha value is -3.06.